The van der Waals surface area contributed by atoms with Crippen LogP contribution in [0.5, 0.6) is 0 Å². The molecule has 2 heterocycles. The van der Waals surface area contributed by atoms with Crippen molar-refractivity contribution < 1.29 is 9.59 Å². The summed E-state index contributed by atoms with van der Waals surface area (Å²) in [5.41, 5.74) is 2.52. The average Bonchev–Trinajstić information content (AvgIpc) is 3.30. The molecule has 0 aliphatic carbocycles. The number of thiazole rings is 1. The Hall–Kier alpha value is -2.73. The van der Waals surface area contributed by atoms with Gasteiger partial charge in [0, 0.05) is 37.2 Å². The van der Waals surface area contributed by atoms with Crippen molar-refractivity contribution in [3.05, 3.63) is 59.1 Å². The zero-order chi connectivity index (χ0) is 18.6. The van der Waals surface area contributed by atoms with Gasteiger partial charge < -0.3 is 10.2 Å². The van der Waals surface area contributed by atoms with Gasteiger partial charge >= 0.3 is 0 Å². The predicted octanol–water partition coefficient (Wildman–Crippen LogP) is 3.79. The van der Waals surface area contributed by atoms with E-state index in [4.69, 9.17) is 0 Å². The number of para-hydroxylation sites is 1. The lowest BCUT2D eigenvalue weighted by molar-refractivity contribution is -0.117. The smallest absolute Gasteiger partial charge is 0.251 e. The number of carbonyl (C=O) groups excluding carboxylic acids is 2. The van der Waals surface area contributed by atoms with E-state index in [2.05, 4.69) is 16.4 Å². The molecular weight excluding hydrogens is 358 g/mol. The van der Waals surface area contributed by atoms with Crippen molar-refractivity contribution in [2.24, 2.45) is 0 Å². The Balaban J connectivity index is 1.27. The standard InChI is InChI=1S/C21H21N3O2S/c25-20-8-4-14-24(20)16-11-9-15(10-12-16)21(26)22-13-3-7-19-23-17-5-1-2-6-18(17)27-19/h1-2,5-6,9-12H,3-4,7-8,13-14H2,(H,22,26). The SMILES string of the molecule is O=C(NCCCc1nc2ccccc2s1)c1ccc(N2CCCC2=O)cc1. The molecule has 138 valence electrons. The molecule has 27 heavy (non-hydrogen) atoms. The van der Waals surface area contributed by atoms with Crippen LogP contribution in [0.25, 0.3) is 10.2 Å². The molecule has 1 aromatic heterocycles. The minimum atomic E-state index is -0.0846. The third-order valence-electron chi connectivity index (χ3n) is 4.71. The molecule has 3 aromatic rings. The number of benzene rings is 2. The summed E-state index contributed by atoms with van der Waals surface area (Å²) in [5, 5.41) is 4.06. The van der Waals surface area contributed by atoms with Crippen LogP contribution in [0, 0.1) is 0 Å². The second-order valence-corrected chi connectivity index (χ2v) is 7.75. The fourth-order valence-corrected chi connectivity index (χ4v) is 4.29. The van der Waals surface area contributed by atoms with Crippen LogP contribution in [-0.2, 0) is 11.2 Å². The van der Waals surface area contributed by atoms with Crippen molar-refractivity contribution in [3.63, 3.8) is 0 Å². The molecule has 1 fully saturated rings. The maximum absolute atomic E-state index is 12.3. The predicted molar refractivity (Wildman–Crippen MR) is 108 cm³/mol. The highest BCUT2D eigenvalue weighted by molar-refractivity contribution is 7.18. The molecule has 5 nitrogen and oxygen atoms in total. The molecular formula is C21H21N3O2S. The number of fused-ring (bicyclic) bond motifs is 1. The van der Waals surface area contributed by atoms with Gasteiger partial charge in [0.15, 0.2) is 0 Å². The number of nitrogens with one attached hydrogen (secondary N) is 1. The topological polar surface area (TPSA) is 62.3 Å². The highest BCUT2D eigenvalue weighted by Gasteiger charge is 2.21. The Labute approximate surface area is 162 Å². The van der Waals surface area contributed by atoms with E-state index in [1.54, 1.807) is 28.4 Å². The molecule has 1 aliphatic heterocycles. The first kappa shape index (κ1) is 17.7. The summed E-state index contributed by atoms with van der Waals surface area (Å²) < 4.78 is 1.20. The van der Waals surface area contributed by atoms with E-state index < -0.39 is 0 Å². The fourth-order valence-electron chi connectivity index (χ4n) is 3.28. The molecule has 0 spiro atoms. The van der Waals surface area contributed by atoms with Gasteiger partial charge in [0.25, 0.3) is 5.91 Å². The van der Waals surface area contributed by atoms with Gasteiger partial charge in [-0.3, -0.25) is 9.59 Å². The van der Waals surface area contributed by atoms with Crippen molar-refractivity contribution >= 4 is 39.1 Å². The maximum atomic E-state index is 12.3. The van der Waals surface area contributed by atoms with Gasteiger partial charge in [0.2, 0.25) is 5.91 Å². The second kappa shape index (κ2) is 7.88. The number of hydrogen-bond acceptors (Lipinski definition) is 4. The van der Waals surface area contributed by atoms with E-state index in [0.29, 0.717) is 18.5 Å². The molecule has 4 rings (SSSR count). The van der Waals surface area contributed by atoms with Crippen LogP contribution in [0.2, 0.25) is 0 Å². The van der Waals surface area contributed by atoms with Gasteiger partial charge in [-0.25, -0.2) is 4.98 Å². The molecule has 0 unspecified atom stereocenters. The number of hydrogen-bond donors (Lipinski definition) is 1. The Bertz CT molecular complexity index is 932. The molecule has 0 saturated carbocycles. The molecule has 1 N–H and O–H groups in total. The third kappa shape index (κ3) is 4.01. The highest BCUT2D eigenvalue weighted by Crippen LogP contribution is 2.23. The van der Waals surface area contributed by atoms with Gasteiger partial charge in [0.05, 0.1) is 15.2 Å². The summed E-state index contributed by atoms with van der Waals surface area (Å²) in [6.07, 6.45) is 3.22. The lowest BCUT2D eigenvalue weighted by Gasteiger charge is -2.15. The molecule has 0 bridgehead atoms. The highest BCUT2D eigenvalue weighted by atomic mass is 32.1. The zero-order valence-corrected chi connectivity index (χ0v) is 15.8. The van der Waals surface area contributed by atoms with E-state index >= 15 is 0 Å². The van der Waals surface area contributed by atoms with E-state index in [1.807, 2.05) is 30.3 Å². The Kier molecular flexibility index (Phi) is 5.16. The Morgan fingerprint density at radius 1 is 1.15 bits per heavy atom. The minimum absolute atomic E-state index is 0.0846. The molecule has 1 aliphatic rings. The van der Waals surface area contributed by atoms with Crippen molar-refractivity contribution in [3.8, 4) is 0 Å². The van der Waals surface area contributed by atoms with Crippen LogP contribution in [0.15, 0.2) is 48.5 Å². The summed E-state index contributed by atoms with van der Waals surface area (Å²) in [6.45, 7) is 1.37. The number of anilines is 1. The monoisotopic (exact) mass is 379 g/mol. The first-order valence-electron chi connectivity index (χ1n) is 9.24. The van der Waals surface area contributed by atoms with Gasteiger partial charge in [-0.2, -0.15) is 0 Å². The summed E-state index contributed by atoms with van der Waals surface area (Å²) in [4.78, 5) is 30.5. The van der Waals surface area contributed by atoms with Gasteiger partial charge in [-0.15, -0.1) is 11.3 Å². The number of amides is 2. The first-order valence-corrected chi connectivity index (χ1v) is 10.1. The van der Waals surface area contributed by atoms with E-state index in [1.165, 1.54) is 4.70 Å². The average molecular weight is 379 g/mol. The summed E-state index contributed by atoms with van der Waals surface area (Å²) >= 11 is 1.71. The molecule has 0 atom stereocenters. The summed E-state index contributed by atoms with van der Waals surface area (Å²) in [7, 11) is 0. The summed E-state index contributed by atoms with van der Waals surface area (Å²) in [5.74, 6) is 0.0700. The third-order valence-corrected chi connectivity index (χ3v) is 5.80. The number of carbonyl (C=O) groups is 2. The number of rotatable bonds is 6. The van der Waals surface area contributed by atoms with Crippen molar-refractivity contribution in [2.45, 2.75) is 25.7 Å². The maximum Gasteiger partial charge on any atom is 0.251 e. The lowest BCUT2D eigenvalue weighted by Crippen LogP contribution is -2.25. The van der Waals surface area contributed by atoms with Crippen LogP contribution in [-0.4, -0.2) is 29.9 Å². The van der Waals surface area contributed by atoms with Gasteiger partial charge in [-0.1, -0.05) is 12.1 Å². The minimum Gasteiger partial charge on any atom is -0.352 e. The zero-order valence-electron chi connectivity index (χ0n) is 15.0. The molecule has 6 heteroatoms. The van der Waals surface area contributed by atoms with Crippen LogP contribution in [0.3, 0.4) is 0 Å². The van der Waals surface area contributed by atoms with Crippen LogP contribution in [0.4, 0.5) is 5.69 Å². The fraction of sp³-hybridized carbons (Fsp3) is 0.286. The van der Waals surface area contributed by atoms with Crippen LogP contribution in [0.1, 0.15) is 34.6 Å². The molecule has 0 radical (unpaired) electrons. The van der Waals surface area contributed by atoms with Crippen LogP contribution < -0.4 is 10.2 Å². The van der Waals surface area contributed by atoms with Gasteiger partial charge in [0.1, 0.15) is 0 Å². The van der Waals surface area contributed by atoms with E-state index in [9.17, 15) is 9.59 Å². The Morgan fingerprint density at radius 3 is 2.70 bits per heavy atom. The molecule has 2 aromatic carbocycles. The number of nitrogens with zero attached hydrogens (tertiary/aromatic N) is 2. The number of aryl methyl sites for hydroxylation is 1. The Morgan fingerprint density at radius 2 is 1.96 bits per heavy atom. The normalized spacial score (nSPS) is 14.1. The van der Waals surface area contributed by atoms with Crippen LogP contribution >= 0.6 is 11.3 Å². The quantitative estimate of drug-likeness (QED) is 0.663. The van der Waals surface area contributed by atoms with Crippen molar-refractivity contribution in [1.82, 2.24) is 10.3 Å². The van der Waals surface area contributed by atoms with E-state index in [0.717, 1.165) is 42.0 Å². The van der Waals surface area contributed by atoms with Crippen molar-refractivity contribution in [1.29, 1.82) is 0 Å². The first-order chi connectivity index (χ1) is 13.2. The lowest BCUT2D eigenvalue weighted by atomic mass is 10.2. The summed E-state index contributed by atoms with van der Waals surface area (Å²) in [6, 6.07) is 15.4. The second-order valence-electron chi connectivity index (χ2n) is 6.63. The van der Waals surface area contributed by atoms with Gasteiger partial charge in [-0.05, 0) is 49.2 Å². The van der Waals surface area contributed by atoms with Crippen molar-refractivity contribution in [2.75, 3.05) is 18.0 Å². The number of aromatic nitrogens is 1. The van der Waals surface area contributed by atoms with E-state index in [-0.39, 0.29) is 11.8 Å². The molecule has 1 saturated heterocycles. The molecule has 2 amide bonds. The largest absolute Gasteiger partial charge is 0.352 e.